The Balaban J connectivity index is 0.00000180. The van der Waals surface area contributed by atoms with Crippen molar-refractivity contribution in [1.82, 2.24) is 9.80 Å². The fraction of sp³-hybridized carbons (Fsp3) is 0.923. The van der Waals surface area contributed by atoms with Crippen molar-refractivity contribution in [3.05, 3.63) is 0 Å². The topological polar surface area (TPSA) is 58.8 Å². The quantitative estimate of drug-likeness (QED) is 0.827. The number of ether oxygens (including phenoxy) is 1. The lowest BCUT2D eigenvalue weighted by Crippen LogP contribution is -2.50. The summed E-state index contributed by atoms with van der Waals surface area (Å²) in [6, 6.07) is 0.238. The smallest absolute Gasteiger partial charge is 0.225 e. The summed E-state index contributed by atoms with van der Waals surface area (Å²) in [5.74, 6) is 0.514. The number of nitrogens with zero attached hydrogens (tertiary/aromatic N) is 2. The third kappa shape index (κ3) is 5.37. The molecule has 0 aromatic heterocycles. The normalized spacial score (nSPS) is 26.8. The Morgan fingerprint density at radius 1 is 1.20 bits per heavy atom. The third-order valence-electron chi connectivity index (χ3n) is 4.12. The molecule has 2 fully saturated rings. The number of halogens is 2. The summed E-state index contributed by atoms with van der Waals surface area (Å²) in [6.45, 7) is 5.38. The molecule has 0 aromatic carbocycles. The molecule has 0 bridgehead atoms. The average Bonchev–Trinajstić information content (AvgIpc) is 2.83. The Bertz CT molecular complexity index is 287. The monoisotopic (exact) mass is 327 g/mol. The second-order valence-corrected chi connectivity index (χ2v) is 5.43. The molecule has 0 spiro atoms. The molecular weight excluding hydrogens is 301 g/mol. The lowest BCUT2D eigenvalue weighted by atomic mass is 10.1. The standard InChI is InChI=1S/C13H25N3O2.2ClH/c1-18-9-8-15-4-6-16(7-5-15)13(17)11-2-3-12(14)10-11;;/h11-12H,2-10,14H2,1H3;2*1H. The van der Waals surface area contributed by atoms with Crippen molar-refractivity contribution in [3.8, 4) is 0 Å². The summed E-state index contributed by atoms with van der Waals surface area (Å²) in [6.07, 6.45) is 2.86. The Kier molecular flexibility index (Phi) is 9.76. The number of nitrogens with two attached hydrogens (primary N) is 1. The molecule has 2 rings (SSSR count). The van der Waals surface area contributed by atoms with Gasteiger partial charge in [-0.2, -0.15) is 0 Å². The molecule has 1 aliphatic heterocycles. The molecule has 1 amide bonds. The van der Waals surface area contributed by atoms with Gasteiger partial charge >= 0.3 is 0 Å². The number of hydrogen-bond acceptors (Lipinski definition) is 4. The highest BCUT2D eigenvalue weighted by Gasteiger charge is 2.32. The van der Waals surface area contributed by atoms with Crippen molar-refractivity contribution in [2.75, 3.05) is 46.4 Å². The summed E-state index contributed by atoms with van der Waals surface area (Å²) in [4.78, 5) is 16.7. The first-order chi connectivity index (χ1) is 8.70. The first kappa shape index (κ1) is 19.9. The molecular formula is C13H27Cl2N3O2. The number of carbonyl (C=O) groups excluding carboxylic acids is 1. The Morgan fingerprint density at radius 2 is 1.85 bits per heavy atom. The highest BCUT2D eigenvalue weighted by Crippen LogP contribution is 2.26. The molecule has 2 aliphatic rings. The Labute approximate surface area is 134 Å². The molecule has 2 N–H and O–H groups in total. The molecule has 2 unspecified atom stereocenters. The highest BCUT2D eigenvalue weighted by molar-refractivity contribution is 5.85. The molecule has 0 aromatic rings. The van der Waals surface area contributed by atoms with Crippen LogP contribution < -0.4 is 5.73 Å². The maximum absolute atomic E-state index is 12.3. The van der Waals surface area contributed by atoms with E-state index in [0.717, 1.165) is 58.6 Å². The number of methoxy groups -OCH3 is 1. The number of rotatable bonds is 4. The summed E-state index contributed by atoms with van der Waals surface area (Å²) in [7, 11) is 1.73. The van der Waals surface area contributed by atoms with E-state index in [9.17, 15) is 4.79 Å². The van der Waals surface area contributed by atoms with E-state index in [1.54, 1.807) is 7.11 Å². The second-order valence-electron chi connectivity index (χ2n) is 5.43. The molecule has 7 heteroatoms. The summed E-state index contributed by atoms with van der Waals surface area (Å²) in [5, 5.41) is 0. The Hall–Kier alpha value is -0.0700. The van der Waals surface area contributed by atoms with E-state index in [0.29, 0.717) is 5.91 Å². The van der Waals surface area contributed by atoms with Gasteiger partial charge in [0.25, 0.3) is 0 Å². The van der Waals surface area contributed by atoms with Crippen LogP contribution in [-0.4, -0.2) is 68.2 Å². The molecule has 5 nitrogen and oxygen atoms in total. The van der Waals surface area contributed by atoms with Gasteiger partial charge in [0, 0.05) is 51.8 Å². The third-order valence-corrected chi connectivity index (χ3v) is 4.12. The van der Waals surface area contributed by atoms with Crippen LogP contribution in [0.15, 0.2) is 0 Å². The number of hydrogen-bond donors (Lipinski definition) is 1. The van der Waals surface area contributed by atoms with Crippen molar-refractivity contribution in [2.45, 2.75) is 25.3 Å². The van der Waals surface area contributed by atoms with E-state index in [1.165, 1.54) is 0 Å². The number of carbonyl (C=O) groups is 1. The molecule has 20 heavy (non-hydrogen) atoms. The average molecular weight is 328 g/mol. The van der Waals surface area contributed by atoms with E-state index in [1.807, 2.05) is 4.90 Å². The van der Waals surface area contributed by atoms with Gasteiger partial charge in [0.1, 0.15) is 0 Å². The minimum Gasteiger partial charge on any atom is -0.383 e. The zero-order chi connectivity index (χ0) is 13.0. The Morgan fingerprint density at radius 3 is 2.35 bits per heavy atom. The van der Waals surface area contributed by atoms with Crippen molar-refractivity contribution >= 4 is 30.7 Å². The van der Waals surface area contributed by atoms with Crippen LogP contribution in [0.3, 0.4) is 0 Å². The maximum Gasteiger partial charge on any atom is 0.225 e. The predicted octanol–water partition coefficient (Wildman–Crippen LogP) is 0.748. The molecule has 1 saturated heterocycles. The fourth-order valence-electron chi connectivity index (χ4n) is 2.91. The zero-order valence-corrected chi connectivity index (χ0v) is 13.8. The van der Waals surface area contributed by atoms with Crippen molar-refractivity contribution in [1.29, 1.82) is 0 Å². The van der Waals surface area contributed by atoms with E-state index in [2.05, 4.69) is 4.90 Å². The van der Waals surface area contributed by atoms with Gasteiger partial charge in [-0.15, -0.1) is 24.8 Å². The van der Waals surface area contributed by atoms with E-state index >= 15 is 0 Å². The van der Waals surface area contributed by atoms with Crippen LogP contribution in [0, 0.1) is 5.92 Å². The molecule has 2 atom stereocenters. The molecule has 0 radical (unpaired) electrons. The zero-order valence-electron chi connectivity index (χ0n) is 12.1. The SMILES string of the molecule is COCCN1CCN(C(=O)C2CCC(N)C2)CC1.Cl.Cl. The molecule has 1 heterocycles. The van der Waals surface area contributed by atoms with E-state index < -0.39 is 0 Å². The second kappa shape index (κ2) is 9.79. The van der Waals surface area contributed by atoms with Crippen LogP contribution in [0.4, 0.5) is 0 Å². The molecule has 1 saturated carbocycles. The number of amides is 1. The minimum atomic E-state index is 0. The highest BCUT2D eigenvalue weighted by atomic mass is 35.5. The van der Waals surface area contributed by atoms with Crippen LogP contribution >= 0.6 is 24.8 Å². The fourth-order valence-corrected chi connectivity index (χ4v) is 2.91. The summed E-state index contributed by atoms with van der Waals surface area (Å²) < 4.78 is 5.08. The van der Waals surface area contributed by atoms with Gasteiger partial charge in [0.05, 0.1) is 6.61 Å². The largest absolute Gasteiger partial charge is 0.383 e. The summed E-state index contributed by atoms with van der Waals surface area (Å²) in [5.41, 5.74) is 5.88. The predicted molar refractivity (Wildman–Crippen MR) is 84.7 cm³/mol. The van der Waals surface area contributed by atoms with Gasteiger partial charge < -0.3 is 15.4 Å². The van der Waals surface area contributed by atoms with Crippen molar-refractivity contribution in [2.24, 2.45) is 11.7 Å². The molecule has 1 aliphatic carbocycles. The lowest BCUT2D eigenvalue weighted by molar-refractivity contribution is -0.137. The minimum absolute atomic E-state index is 0. The van der Waals surface area contributed by atoms with Crippen molar-refractivity contribution in [3.63, 3.8) is 0 Å². The van der Waals surface area contributed by atoms with Gasteiger partial charge in [-0.3, -0.25) is 9.69 Å². The van der Waals surface area contributed by atoms with Crippen LogP contribution in [0.25, 0.3) is 0 Å². The van der Waals surface area contributed by atoms with Gasteiger partial charge in [-0.1, -0.05) is 0 Å². The van der Waals surface area contributed by atoms with Crippen LogP contribution in [0.5, 0.6) is 0 Å². The van der Waals surface area contributed by atoms with Gasteiger partial charge in [-0.25, -0.2) is 0 Å². The number of piperazine rings is 1. The van der Waals surface area contributed by atoms with E-state index in [-0.39, 0.29) is 36.8 Å². The van der Waals surface area contributed by atoms with Crippen LogP contribution in [0.2, 0.25) is 0 Å². The lowest BCUT2D eigenvalue weighted by Gasteiger charge is -2.35. The molecule has 120 valence electrons. The van der Waals surface area contributed by atoms with E-state index in [4.69, 9.17) is 10.5 Å². The summed E-state index contributed by atoms with van der Waals surface area (Å²) >= 11 is 0. The first-order valence-electron chi connectivity index (χ1n) is 6.96. The first-order valence-corrected chi connectivity index (χ1v) is 6.96. The maximum atomic E-state index is 12.3. The van der Waals surface area contributed by atoms with Gasteiger partial charge in [-0.05, 0) is 19.3 Å². The van der Waals surface area contributed by atoms with Gasteiger partial charge in [0.2, 0.25) is 5.91 Å². The van der Waals surface area contributed by atoms with Crippen molar-refractivity contribution < 1.29 is 9.53 Å². The van der Waals surface area contributed by atoms with Crippen LogP contribution in [0.1, 0.15) is 19.3 Å². The van der Waals surface area contributed by atoms with Crippen LogP contribution in [-0.2, 0) is 9.53 Å². The van der Waals surface area contributed by atoms with Gasteiger partial charge in [0.15, 0.2) is 0 Å².